The predicted molar refractivity (Wildman–Crippen MR) is 116 cm³/mol. The fraction of sp³-hybridized carbons (Fsp3) is 0.435. The van der Waals surface area contributed by atoms with Crippen LogP contribution >= 0.6 is 0 Å². The number of benzene rings is 1. The van der Waals surface area contributed by atoms with Gasteiger partial charge in [0.15, 0.2) is 0 Å². The Morgan fingerprint density at radius 1 is 1.21 bits per heavy atom. The van der Waals surface area contributed by atoms with Gasteiger partial charge in [0, 0.05) is 49.4 Å². The number of methoxy groups -OCH3 is 1. The number of alkyl halides is 3. The number of nitrogens with zero attached hydrogens (tertiary/aromatic N) is 3. The first-order chi connectivity index (χ1) is 15.7. The van der Waals surface area contributed by atoms with Crippen LogP contribution in [0.4, 0.5) is 13.2 Å². The molecule has 10 heteroatoms. The van der Waals surface area contributed by atoms with Gasteiger partial charge in [-0.3, -0.25) is 14.5 Å². The lowest BCUT2D eigenvalue weighted by molar-refractivity contribution is -0.173. The minimum atomic E-state index is -4.99. The number of nitrogens with one attached hydrogen (secondary N) is 1. The summed E-state index contributed by atoms with van der Waals surface area (Å²) >= 11 is 0. The van der Waals surface area contributed by atoms with Gasteiger partial charge in [-0.1, -0.05) is 6.07 Å². The summed E-state index contributed by atoms with van der Waals surface area (Å²) in [5.41, 5.74) is 4.01. The number of pyridine rings is 1. The molecular weight excluding hydrogens is 437 g/mol. The van der Waals surface area contributed by atoms with E-state index in [0.29, 0.717) is 30.3 Å². The largest absolute Gasteiger partial charge is 0.496 e. The zero-order valence-electron chi connectivity index (χ0n) is 18.1. The van der Waals surface area contributed by atoms with Crippen molar-refractivity contribution in [2.45, 2.75) is 38.0 Å². The lowest BCUT2D eigenvalue weighted by Crippen LogP contribution is -2.37. The molecule has 33 heavy (non-hydrogen) atoms. The Bertz CT molecular complexity index is 1110. The molecule has 1 amide bonds. The predicted octanol–water partition coefficient (Wildman–Crippen LogP) is 2.88. The Morgan fingerprint density at radius 2 is 2.03 bits per heavy atom. The number of halogens is 3. The quantitative estimate of drug-likeness (QED) is 0.548. The number of carbonyl (C=O) groups is 1. The highest BCUT2D eigenvalue weighted by Crippen LogP contribution is 2.34. The van der Waals surface area contributed by atoms with Gasteiger partial charge >= 0.3 is 12.1 Å². The van der Waals surface area contributed by atoms with E-state index in [4.69, 9.17) is 4.74 Å². The summed E-state index contributed by atoms with van der Waals surface area (Å²) in [6.45, 7) is 2.91. The van der Waals surface area contributed by atoms with Crippen LogP contribution in [-0.4, -0.2) is 48.0 Å². The van der Waals surface area contributed by atoms with Crippen LogP contribution in [-0.2, 0) is 17.9 Å². The maximum absolute atomic E-state index is 12.4. The zero-order chi connectivity index (χ0) is 23.6. The van der Waals surface area contributed by atoms with E-state index in [1.807, 2.05) is 16.7 Å². The minimum absolute atomic E-state index is 0.0455. The van der Waals surface area contributed by atoms with Crippen molar-refractivity contribution < 1.29 is 22.7 Å². The molecule has 4 rings (SSSR count). The molecule has 176 valence electrons. The molecule has 1 aromatic carbocycles. The molecule has 1 fully saturated rings. The number of hydrogen-bond acceptors (Lipinski definition) is 5. The topological polar surface area (TPSA) is 75.9 Å². The maximum Gasteiger partial charge on any atom is 0.473 e. The zero-order valence-corrected chi connectivity index (χ0v) is 18.1. The Kier molecular flexibility index (Phi) is 6.55. The lowest BCUT2D eigenvalue weighted by Gasteiger charge is -2.31. The number of aromatic nitrogens is 1. The van der Waals surface area contributed by atoms with Gasteiger partial charge in [0.2, 0.25) is 0 Å². The Balaban J connectivity index is 1.52. The number of hydrogen-bond donors (Lipinski definition) is 1. The van der Waals surface area contributed by atoms with E-state index in [1.54, 1.807) is 31.4 Å². The third kappa shape index (κ3) is 5.27. The van der Waals surface area contributed by atoms with Crippen molar-refractivity contribution in [1.82, 2.24) is 14.9 Å². The van der Waals surface area contributed by atoms with Crippen LogP contribution in [0.25, 0.3) is 0 Å². The van der Waals surface area contributed by atoms with Gasteiger partial charge in [-0.2, -0.15) is 18.3 Å². The standard InChI is InChI=1S/C23H25F3N4O3/c1-33-20-8-6-15(10-27-28-22(32)23(24,25)26)9-18(20)14-29-11-16-5-7-17(13-29)19-3-2-4-21(31)30(19)12-16/h2-4,6,8-10,16-17H,5,7,11-14H2,1H3,(H,28,32)/b27-10-/t16-,17+/m1/s1. The van der Waals surface area contributed by atoms with Crippen molar-refractivity contribution in [1.29, 1.82) is 0 Å². The van der Waals surface area contributed by atoms with Gasteiger partial charge in [0.1, 0.15) is 5.75 Å². The highest BCUT2D eigenvalue weighted by atomic mass is 19.4. The molecule has 2 aromatic rings. The van der Waals surface area contributed by atoms with Crippen molar-refractivity contribution in [2.75, 3.05) is 20.2 Å². The van der Waals surface area contributed by atoms with Gasteiger partial charge in [-0.15, -0.1) is 0 Å². The van der Waals surface area contributed by atoms with Gasteiger partial charge in [0.25, 0.3) is 5.56 Å². The van der Waals surface area contributed by atoms with Crippen LogP contribution in [0.15, 0.2) is 46.3 Å². The van der Waals surface area contributed by atoms with Crippen LogP contribution in [0, 0.1) is 5.92 Å². The number of fused-ring (bicyclic) bond motifs is 5. The molecule has 0 aliphatic carbocycles. The number of amides is 1. The van der Waals surface area contributed by atoms with E-state index in [2.05, 4.69) is 10.0 Å². The molecule has 2 atom stereocenters. The summed E-state index contributed by atoms with van der Waals surface area (Å²) in [5.74, 6) is -0.857. The fourth-order valence-corrected chi connectivity index (χ4v) is 4.71. The Morgan fingerprint density at radius 3 is 2.79 bits per heavy atom. The molecular formula is C23H25F3N4O3. The first-order valence-electron chi connectivity index (χ1n) is 10.7. The lowest BCUT2D eigenvalue weighted by atomic mass is 9.98. The second-order valence-electron chi connectivity index (χ2n) is 8.50. The molecule has 1 N–H and O–H groups in total. The maximum atomic E-state index is 12.4. The van der Waals surface area contributed by atoms with Gasteiger partial charge in [-0.25, -0.2) is 5.43 Å². The molecule has 0 saturated carbocycles. The first kappa shape index (κ1) is 23.0. The average Bonchev–Trinajstić information content (AvgIpc) is 3.06. The number of rotatable bonds is 5. The highest BCUT2D eigenvalue weighted by Gasteiger charge is 2.38. The molecule has 7 nitrogen and oxygen atoms in total. The Hall–Kier alpha value is -3.14. The Labute approximate surface area is 188 Å². The van der Waals surface area contributed by atoms with Crippen LogP contribution in [0.1, 0.15) is 35.6 Å². The van der Waals surface area contributed by atoms with Gasteiger partial charge in [0.05, 0.1) is 13.3 Å². The third-order valence-corrected chi connectivity index (χ3v) is 6.20. The molecule has 3 heterocycles. The van der Waals surface area contributed by atoms with E-state index in [0.717, 1.165) is 37.2 Å². The monoisotopic (exact) mass is 462 g/mol. The first-order valence-corrected chi connectivity index (χ1v) is 10.7. The summed E-state index contributed by atoms with van der Waals surface area (Å²) in [6.07, 6.45) is -1.75. The molecule has 0 radical (unpaired) electrons. The third-order valence-electron chi connectivity index (χ3n) is 6.20. The minimum Gasteiger partial charge on any atom is -0.496 e. The number of hydrazone groups is 1. The van der Waals surface area contributed by atoms with E-state index >= 15 is 0 Å². The molecule has 2 aliphatic rings. The summed E-state index contributed by atoms with van der Waals surface area (Å²) < 4.78 is 44.4. The van der Waals surface area contributed by atoms with Crippen molar-refractivity contribution in [3.63, 3.8) is 0 Å². The fourth-order valence-electron chi connectivity index (χ4n) is 4.71. The van der Waals surface area contributed by atoms with E-state index in [1.165, 1.54) is 11.6 Å². The van der Waals surface area contributed by atoms with Crippen molar-refractivity contribution in [2.24, 2.45) is 11.0 Å². The summed E-state index contributed by atoms with van der Waals surface area (Å²) in [6, 6.07) is 10.6. The van der Waals surface area contributed by atoms with Crippen molar-refractivity contribution >= 4 is 12.1 Å². The molecule has 2 bridgehead atoms. The van der Waals surface area contributed by atoms with Gasteiger partial charge in [-0.05, 0) is 48.6 Å². The smallest absolute Gasteiger partial charge is 0.473 e. The normalized spacial score (nSPS) is 20.8. The van der Waals surface area contributed by atoms with Crippen molar-refractivity contribution in [3.8, 4) is 5.75 Å². The molecule has 1 saturated heterocycles. The highest BCUT2D eigenvalue weighted by molar-refractivity contribution is 5.85. The average molecular weight is 462 g/mol. The molecule has 2 aliphatic heterocycles. The second-order valence-corrected chi connectivity index (χ2v) is 8.50. The van der Waals surface area contributed by atoms with Crippen LogP contribution < -0.4 is 15.7 Å². The number of ether oxygens (including phenoxy) is 1. The second kappa shape index (κ2) is 9.38. The molecule has 0 unspecified atom stereocenters. The summed E-state index contributed by atoms with van der Waals surface area (Å²) in [5, 5.41) is 3.41. The number of carbonyl (C=O) groups excluding carboxylic acids is 1. The van der Waals surface area contributed by atoms with Crippen LogP contribution in [0.5, 0.6) is 5.75 Å². The molecule has 1 aromatic heterocycles. The molecule has 0 spiro atoms. The van der Waals surface area contributed by atoms with Crippen LogP contribution in [0.3, 0.4) is 0 Å². The van der Waals surface area contributed by atoms with E-state index in [9.17, 15) is 22.8 Å². The van der Waals surface area contributed by atoms with Gasteiger partial charge < -0.3 is 9.30 Å². The summed E-state index contributed by atoms with van der Waals surface area (Å²) in [7, 11) is 1.57. The van der Waals surface area contributed by atoms with Crippen LogP contribution in [0.2, 0.25) is 0 Å². The number of likely N-dealkylation sites (tertiary alicyclic amines) is 1. The SMILES string of the molecule is COc1ccc(/C=N\NC(=O)C(F)(F)F)cc1CN1C[C@H]2CC[C@@H](C1)c1cccc(=O)n1C2. The van der Waals surface area contributed by atoms with E-state index < -0.39 is 12.1 Å². The van der Waals surface area contributed by atoms with Crippen molar-refractivity contribution in [3.05, 3.63) is 63.6 Å². The van der Waals surface area contributed by atoms with E-state index in [-0.39, 0.29) is 11.5 Å². The summed E-state index contributed by atoms with van der Waals surface area (Å²) in [4.78, 5) is 25.6.